The Kier molecular flexibility index (Phi) is 4.25. The molecule has 0 aromatic heterocycles. The zero-order valence-corrected chi connectivity index (χ0v) is 12.0. The third-order valence-electron chi connectivity index (χ3n) is 4.36. The summed E-state index contributed by atoms with van der Waals surface area (Å²) in [6, 6.07) is 5.66. The third kappa shape index (κ3) is 3.16. The van der Waals surface area contributed by atoms with Crippen molar-refractivity contribution in [3.8, 4) is 5.75 Å². The number of benzene rings is 1. The van der Waals surface area contributed by atoms with E-state index >= 15 is 0 Å². The maximum atomic E-state index is 11.4. The summed E-state index contributed by atoms with van der Waals surface area (Å²) >= 11 is 0. The van der Waals surface area contributed by atoms with Gasteiger partial charge in [-0.05, 0) is 57.4 Å². The molecule has 1 aromatic carbocycles. The summed E-state index contributed by atoms with van der Waals surface area (Å²) in [7, 11) is 0. The standard InChI is InChI=1S/C16H23NO2/c1-11-5-4-8-17(12(11)2)10-15-9-14(13(3)18)6-7-16(15)19/h6-7,9,11-12,19H,4-5,8,10H2,1-3H3. The molecule has 0 radical (unpaired) electrons. The molecule has 1 aliphatic heterocycles. The number of carbonyl (C=O) groups is 1. The molecule has 1 saturated heterocycles. The highest BCUT2D eigenvalue weighted by Gasteiger charge is 2.25. The number of nitrogens with zero attached hydrogens (tertiary/aromatic N) is 1. The van der Waals surface area contributed by atoms with Gasteiger partial charge in [0.1, 0.15) is 5.75 Å². The van der Waals surface area contributed by atoms with Crippen molar-refractivity contribution in [1.82, 2.24) is 4.90 Å². The Morgan fingerprint density at radius 2 is 2.16 bits per heavy atom. The summed E-state index contributed by atoms with van der Waals surface area (Å²) in [6.07, 6.45) is 2.48. The van der Waals surface area contributed by atoms with E-state index in [1.807, 2.05) is 6.07 Å². The van der Waals surface area contributed by atoms with Gasteiger partial charge >= 0.3 is 0 Å². The molecule has 3 heteroatoms. The zero-order chi connectivity index (χ0) is 14.0. The first-order valence-electron chi connectivity index (χ1n) is 7.06. The van der Waals surface area contributed by atoms with Crippen LogP contribution in [0.4, 0.5) is 0 Å². The number of ketones is 1. The first-order chi connectivity index (χ1) is 8.99. The Morgan fingerprint density at radius 1 is 1.42 bits per heavy atom. The molecule has 1 aromatic rings. The summed E-state index contributed by atoms with van der Waals surface area (Å²) in [5.74, 6) is 1.02. The van der Waals surface area contributed by atoms with Gasteiger partial charge in [-0.2, -0.15) is 0 Å². The van der Waals surface area contributed by atoms with Gasteiger partial charge in [-0.15, -0.1) is 0 Å². The maximum Gasteiger partial charge on any atom is 0.159 e. The van der Waals surface area contributed by atoms with Crippen LogP contribution in [-0.2, 0) is 6.54 Å². The minimum Gasteiger partial charge on any atom is -0.508 e. The molecule has 104 valence electrons. The molecular formula is C16H23NO2. The molecule has 0 aliphatic carbocycles. The number of hydrogen-bond acceptors (Lipinski definition) is 3. The van der Waals surface area contributed by atoms with E-state index in [1.165, 1.54) is 12.8 Å². The SMILES string of the molecule is CC(=O)c1ccc(O)c(CN2CCCC(C)C2C)c1. The molecule has 1 heterocycles. The van der Waals surface area contributed by atoms with Crippen molar-refractivity contribution in [2.24, 2.45) is 5.92 Å². The molecule has 1 aliphatic rings. The molecule has 0 spiro atoms. The predicted molar refractivity (Wildman–Crippen MR) is 76.4 cm³/mol. The van der Waals surface area contributed by atoms with Crippen LogP contribution in [0.5, 0.6) is 5.75 Å². The second-order valence-electron chi connectivity index (χ2n) is 5.73. The normalized spacial score (nSPS) is 24.4. The van der Waals surface area contributed by atoms with Crippen LogP contribution in [-0.4, -0.2) is 28.4 Å². The first-order valence-corrected chi connectivity index (χ1v) is 7.06. The lowest BCUT2D eigenvalue weighted by Crippen LogP contribution is -2.41. The van der Waals surface area contributed by atoms with E-state index in [2.05, 4.69) is 18.7 Å². The molecule has 0 amide bonds. The average molecular weight is 261 g/mol. The number of carbonyl (C=O) groups excluding carboxylic acids is 1. The zero-order valence-electron chi connectivity index (χ0n) is 12.0. The van der Waals surface area contributed by atoms with E-state index in [-0.39, 0.29) is 11.5 Å². The maximum absolute atomic E-state index is 11.4. The van der Waals surface area contributed by atoms with E-state index in [4.69, 9.17) is 0 Å². The summed E-state index contributed by atoms with van der Waals surface area (Å²) in [5, 5.41) is 9.96. The smallest absolute Gasteiger partial charge is 0.159 e. The van der Waals surface area contributed by atoms with Crippen molar-refractivity contribution in [2.45, 2.75) is 46.2 Å². The monoisotopic (exact) mass is 261 g/mol. The van der Waals surface area contributed by atoms with Crippen molar-refractivity contribution < 1.29 is 9.90 Å². The van der Waals surface area contributed by atoms with Crippen LogP contribution in [0.3, 0.4) is 0 Å². The fourth-order valence-electron chi connectivity index (χ4n) is 2.79. The van der Waals surface area contributed by atoms with E-state index < -0.39 is 0 Å². The highest BCUT2D eigenvalue weighted by molar-refractivity contribution is 5.94. The van der Waals surface area contributed by atoms with E-state index in [9.17, 15) is 9.90 Å². The van der Waals surface area contributed by atoms with Gasteiger partial charge in [0.25, 0.3) is 0 Å². The fraction of sp³-hybridized carbons (Fsp3) is 0.562. The second kappa shape index (κ2) is 5.74. The minimum absolute atomic E-state index is 0.0429. The van der Waals surface area contributed by atoms with E-state index in [0.717, 1.165) is 18.7 Å². The highest BCUT2D eigenvalue weighted by atomic mass is 16.3. The summed E-state index contributed by atoms with van der Waals surface area (Å²) in [5.41, 5.74) is 1.53. The summed E-state index contributed by atoms with van der Waals surface area (Å²) < 4.78 is 0. The van der Waals surface area contributed by atoms with Crippen LogP contribution in [0.2, 0.25) is 0 Å². The molecule has 2 rings (SSSR count). The Hall–Kier alpha value is -1.35. The van der Waals surface area contributed by atoms with Gasteiger partial charge in [0.2, 0.25) is 0 Å². The number of phenolic OH excluding ortho intramolecular Hbond substituents is 1. The Balaban J connectivity index is 2.18. The van der Waals surface area contributed by atoms with Crippen LogP contribution < -0.4 is 0 Å². The lowest BCUT2D eigenvalue weighted by atomic mass is 9.91. The lowest BCUT2D eigenvalue weighted by molar-refractivity contribution is 0.101. The van der Waals surface area contributed by atoms with Crippen LogP contribution in [0.15, 0.2) is 18.2 Å². The molecule has 19 heavy (non-hydrogen) atoms. The Labute approximate surface area is 115 Å². The van der Waals surface area contributed by atoms with Crippen LogP contribution in [0, 0.1) is 5.92 Å². The molecule has 1 fully saturated rings. The van der Waals surface area contributed by atoms with Gasteiger partial charge in [-0.1, -0.05) is 6.92 Å². The number of piperidine rings is 1. The molecular weight excluding hydrogens is 238 g/mol. The minimum atomic E-state index is 0.0429. The van der Waals surface area contributed by atoms with Crippen molar-refractivity contribution in [3.05, 3.63) is 29.3 Å². The van der Waals surface area contributed by atoms with Gasteiger partial charge in [0.15, 0.2) is 5.78 Å². The topological polar surface area (TPSA) is 40.5 Å². The number of likely N-dealkylation sites (tertiary alicyclic amines) is 1. The van der Waals surface area contributed by atoms with Crippen molar-refractivity contribution in [2.75, 3.05) is 6.54 Å². The van der Waals surface area contributed by atoms with Crippen LogP contribution in [0.25, 0.3) is 0 Å². The third-order valence-corrected chi connectivity index (χ3v) is 4.36. The number of Topliss-reactive ketones (excluding diaryl/α,β-unsaturated/α-hetero) is 1. The fourth-order valence-corrected chi connectivity index (χ4v) is 2.79. The molecule has 0 bridgehead atoms. The second-order valence-corrected chi connectivity index (χ2v) is 5.73. The van der Waals surface area contributed by atoms with Crippen LogP contribution >= 0.6 is 0 Å². The van der Waals surface area contributed by atoms with Crippen molar-refractivity contribution >= 4 is 5.78 Å². The number of aromatic hydroxyl groups is 1. The Morgan fingerprint density at radius 3 is 2.84 bits per heavy atom. The van der Waals surface area contributed by atoms with Gasteiger partial charge in [-0.25, -0.2) is 0 Å². The lowest BCUT2D eigenvalue weighted by Gasteiger charge is -2.38. The largest absolute Gasteiger partial charge is 0.508 e. The number of phenols is 1. The van der Waals surface area contributed by atoms with E-state index in [0.29, 0.717) is 17.5 Å². The van der Waals surface area contributed by atoms with Crippen LogP contribution in [0.1, 0.15) is 49.5 Å². The van der Waals surface area contributed by atoms with Gasteiger partial charge in [-0.3, -0.25) is 9.69 Å². The Bertz CT molecular complexity index is 470. The molecule has 1 N–H and O–H groups in total. The molecule has 0 saturated carbocycles. The van der Waals surface area contributed by atoms with E-state index in [1.54, 1.807) is 19.1 Å². The molecule has 2 atom stereocenters. The van der Waals surface area contributed by atoms with Crippen molar-refractivity contribution in [1.29, 1.82) is 0 Å². The average Bonchev–Trinajstić information content (AvgIpc) is 2.37. The number of hydrogen-bond donors (Lipinski definition) is 1. The summed E-state index contributed by atoms with van der Waals surface area (Å²) in [4.78, 5) is 13.8. The van der Waals surface area contributed by atoms with Crippen molar-refractivity contribution in [3.63, 3.8) is 0 Å². The number of rotatable bonds is 3. The van der Waals surface area contributed by atoms with Gasteiger partial charge in [0, 0.05) is 23.7 Å². The van der Waals surface area contributed by atoms with Gasteiger partial charge in [0.05, 0.1) is 0 Å². The molecule has 2 unspecified atom stereocenters. The first kappa shape index (κ1) is 14.1. The predicted octanol–water partition coefficient (Wildman–Crippen LogP) is 3.22. The summed E-state index contributed by atoms with van der Waals surface area (Å²) in [6.45, 7) is 7.87. The molecule has 3 nitrogen and oxygen atoms in total. The van der Waals surface area contributed by atoms with Gasteiger partial charge < -0.3 is 5.11 Å². The highest BCUT2D eigenvalue weighted by Crippen LogP contribution is 2.27. The quantitative estimate of drug-likeness (QED) is 0.849.